The molecule has 110 valence electrons. The number of rotatable bonds is 2. The first-order valence-corrected chi connectivity index (χ1v) is 7.28. The molecule has 1 aliphatic heterocycles. The minimum atomic E-state index is -0.871. The minimum absolute atomic E-state index is 0.372. The number of aromatic carboxylic acids is 1. The van der Waals surface area contributed by atoms with Gasteiger partial charge >= 0.3 is 5.97 Å². The standard InChI is InChI=1S/C17H20N2O2/c1-12-11-19(10-9-18(12)2)16-8-7-15(17(20)21)13-5-3-4-6-14(13)16/h3-8,12H,9-11H2,1-2H3,(H,20,21). The van der Waals surface area contributed by atoms with Crippen molar-refractivity contribution in [2.45, 2.75) is 13.0 Å². The van der Waals surface area contributed by atoms with Gasteiger partial charge in [0, 0.05) is 36.7 Å². The highest BCUT2D eigenvalue weighted by Gasteiger charge is 2.22. The Bertz CT molecular complexity index is 684. The fourth-order valence-electron chi connectivity index (χ4n) is 3.01. The predicted octanol–water partition coefficient (Wildman–Crippen LogP) is 2.68. The van der Waals surface area contributed by atoms with Gasteiger partial charge in [-0.3, -0.25) is 0 Å². The number of fused-ring (bicyclic) bond motifs is 1. The average molecular weight is 284 g/mol. The molecule has 2 aromatic rings. The Hall–Kier alpha value is -2.07. The van der Waals surface area contributed by atoms with E-state index in [0.29, 0.717) is 11.6 Å². The Labute approximate surface area is 124 Å². The number of piperazine rings is 1. The van der Waals surface area contributed by atoms with Crippen LogP contribution in [-0.2, 0) is 0 Å². The van der Waals surface area contributed by atoms with E-state index in [4.69, 9.17) is 0 Å². The molecule has 4 heteroatoms. The summed E-state index contributed by atoms with van der Waals surface area (Å²) >= 11 is 0. The largest absolute Gasteiger partial charge is 0.478 e. The Morgan fingerprint density at radius 2 is 1.86 bits per heavy atom. The fourth-order valence-corrected chi connectivity index (χ4v) is 3.01. The Morgan fingerprint density at radius 3 is 2.52 bits per heavy atom. The highest BCUT2D eigenvalue weighted by atomic mass is 16.4. The Balaban J connectivity index is 2.08. The van der Waals surface area contributed by atoms with Crippen LogP contribution >= 0.6 is 0 Å². The second-order valence-corrected chi connectivity index (χ2v) is 5.76. The summed E-state index contributed by atoms with van der Waals surface area (Å²) in [5.41, 5.74) is 1.51. The molecule has 4 nitrogen and oxygen atoms in total. The summed E-state index contributed by atoms with van der Waals surface area (Å²) in [5, 5.41) is 11.2. The van der Waals surface area contributed by atoms with Crippen LogP contribution in [0.5, 0.6) is 0 Å². The van der Waals surface area contributed by atoms with Crippen molar-refractivity contribution in [2.75, 3.05) is 31.6 Å². The van der Waals surface area contributed by atoms with Crippen LogP contribution in [0.1, 0.15) is 17.3 Å². The van der Waals surface area contributed by atoms with Gasteiger partial charge in [0.2, 0.25) is 0 Å². The van der Waals surface area contributed by atoms with E-state index in [1.54, 1.807) is 6.07 Å². The van der Waals surface area contributed by atoms with E-state index >= 15 is 0 Å². The Morgan fingerprint density at radius 1 is 1.14 bits per heavy atom. The SMILES string of the molecule is CC1CN(c2ccc(C(=O)O)c3ccccc23)CCN1C. The van der Waals surface area contributed by atoms with Gasteiger partial charge in [-0.2, -0.15) is 0 Å². The van der Waals surface area contributed by atoms with Crippen LogP contribution in [0, 0.1) is 0 Å². The molecule has 1 saturated heterocycles. The molecule has 3 rings (SSSR count). The summed E-state index contributed by atoms with van der Waals surface area (Å²) in [6.45, 7) is 5.18. The van der Waals surface area contributed by atoms with Gasteiger partial charge in [-0.1, -0.05) is 24.3 Å². The lowest BCUT2D eigenvalue weighted by Crippen LogP contribution is -2.50. The highest BCUT2D eigenvalue weighted by Crippen LogP contribution is 2.30. The molecule has 1 atom stereocenters. The quantitative estimate of drug-likeness (QED) is 0.921. The number of carboxylic acid groups (broad SMARTS) is 1. The number of carboxylic acids is 1. The molecular formula is C17H20N2O2. The summed E-state index contributed by atoms with van der Waals surface area (Å²) < 4.78 is 0. The molecule has 21 heavy (non-hydrogen) atoms. The van der Waals surface area contributed by atoms with Crippen LogP contribution in [0.3, 0.4) is 0 Å². The molecule has 0 spiro atoms. The predicted molar refractivity (Wildman–Crippen MR) is 85.2 cm³/mol. The van der Waals surface area contributed by atoms with Crippen molar-refractivity contribution < 1.29 is 9.90 Å². The van der Waals surface area contributed by atoms with Crippen LogP contribution in [0.4, 0.5) is 5.69 Å². The van der Waals surface area contributed by atoms with Crippen molar-refractivity contribution >= 4 is 22.4 Å². The van der Waals surface area contributed by atoms with E-state index in [1.807, 2.05) is 30.3 Å². The van der Waals surface area contributed by atoms with E-state index < -0.39 is 5.97 Å². The third kappa shape index (κ3) is 2.47. The second kappa shape index (κ2) is 5.37. The monoisotopic (exact) mass is 284 g/mol. The van der Waals surface area contributed by atoms with E-state index in [9.17, 15) is 9.90 Å². The maximum Gasteiger partial charge on any atom is 0.336 e. The summed E-state index contributed by atoms with van der Waals surface area (Å²) in [5.74, 6) is -0.871. The van der Waals surface area contributed by atoms with Gasteiger partial charge in [0.25, 0.3) is 0 Å². The molecule has 1 N–H and O–H groups in total. The molecule has 1 fully saturated rings. The summed E-state index contributed by atoms with van der Waals surface area (Å²) in [7, 11) is 2.15. The number of nitrogens with zero attached hydrogens (tertiary/aromatic N) is 2. The summed E-state index contributed by atoms with van der Waals surface area (Å²) in [6.07, 6.45) is 0. The minimum Gasteiger partial charge on any atom is -0.478 e. The first-order chi connectivity index (χ1) is 10.1. The van der Waals surface area contributed by atoms with Gasteiger partial charge in [0.05, 0.1) is 5.56 Å². The molecule has 0 aromatic heterocycles. The zero-order valence-electron chi connectivity index (χ0n) is 12.4. The molecule has 1 heterocycles. The number of anilines is 1. The maximum absolute atomic E-state index is 11.4. The van der Waals surface area contributed by atoms with Gasteiger partial charge < -0.3 is 14.9 Å². The summed E-state index contributed by atoms with van der Waals surface area (Å²) in [4.78, 5) is 16.1. The smallest absolute Gasteiger partial charge is 0.336 e. The van der Waals surface area contributed by atoms with Crippen LogP contribution in [-0.4, -0.2) is 48.7 Å². The lowest BCUT2D eigenvalue weighted by atomic mass is 10.0. The molecule has 1 unspecified atom stereocenters. The summed E-state index contributed by atoms with van der Waals surface area (Å²) in [6, 6.07) is 11.9. The van der Waals surface area contributed by atoms with Crippen molar-refractivity contribution in [1.82, 2.24) is 4.90 Å². The van der Waals surface area contributed by atoms with Crippen molar-refractivity contribution in [1.29, 1.82) is 0 Å². The number of hydrogen-bond donors (Lipinski definition) is 1. The zero-order chi connectivity index (χ0) is 15.0. The second-order valence-electron chi connectivity index (χ2n) is 5.76. The molecular weight excluding hydrogens is 264 g/mol. The highest BCUT2D eigenvalue weighted by molar-refractivity contribution is 6.07. The van der Waals surface area contributed by atoms with Crippen LogP contribution in [0.2, 0.25) is 0 Å². The van der Waals surface area contributed by atoms with E-state index in [1.165, 1.54) is 0 Å². The van der Waals surface area contributed by atoms with E-state index in [-0.39, 0.29) is 0 Å². The topological polar surface area (TPSA) is 43.8 Å². The van der Waals surface area contributed by atoms with Crippen LogP contribution < -0.4 is 4.90 Å². The third-order valence-corrected chi connectivity index (χ3v) is 4.43. The normalized spacial score (nSPS) is 19.9. The van der Waals surface area contributed by atoms with E-state index in [2.05, 4.69) is 23.8 Å². The molecule has 2 aromatic carbocycles. The van der Waals surface area contributed by atoms with Crippen molar-refractivity contribution in [3.05, 3.63) is 42.0 Å². The average Bonchev–Trinajstić information content (AvgIpc) is 2.49. The first-order valence-electron chi connectivity index (χ1n) is 7.28. The Kier molecular flexibility index (Phi) is 3.55. The molecule has 0 saturated carbocycles. The van der Waals surface area contributed by atoms with Crippen LogP contribution in [0.25, 0.3) is 10.8 Å². The van der Waals surface area contributed by atoms with Crippen LogP contribution in [0.15, 0.2) is 36.4 Å². The fraction of sp³-hybridized carbons (Fsp3) is 0.353. The molecule has 0 bridgehead atoms. The van der Waals surface area contributed by atoms with E-state index in [0.717, 1.165) is 36.1 Å². The molecule has 0 radical (unpaired) electrons. The number of hydrogen-bond acceptors (Lipinski definition) is 3. The molecule has 0 amide bonds. The number of benzene rings is 2. The van der Waals surface area contributed by atoms with Gasteiger partial charge in [-0.05, 0) is 31.5 Å². The lowest BCUT2D eigenvalue weighted by molar-refractivity contribution is 0.0699. The first kappa shape index (κ1) is 13.9. The van der Waals surface area contributed by atoms with Crippen molar-refractivity contribution in [3.8, 4) is 0 Å². The number of carbonyl (C=O) groups is 1. The van der Waals surface area contributed by atoms with Gasteiger partial charge in [-0.25, -0.2) is 4.79 Å². The van der Waals surface area contributed by atoms with Gasteiger partial charge in [0.15, 0.2) is 0 Å². The zero-order valence-corrected chi connectivity index (χ0v) is 12.4. The lowest BCUT2D eigenvalue weighted by Gasteiger charge is -2.39. The third-order valence-electron chi connectivity index (χ3n) is 4.43. The van der Waals surface area contributed by atoms with Gasteiger partial charge in [-0.15, -0.1) is 0 Å². The number of likely N-dealkylation sites (N-methyl/N-ethyl adjacent to an activating group) is 1. The molecule has 1 aliphatic rings. The maximum atomic E-state index is 11.4. The van der Waals surface area contributed by atoms with Gasteiger partial charge in [0.1, 0.15) is 0 Å². The van der Waals surface area contributed by atoms with Crippen molar-refractivity contribution in [2.24, 2.45) is 0 Å². The van der Waals surface area contributed by atoms with Crippen molar-refractivity contribution in [3.63, 3.8) is 0 Å². The molecule has 0 aliphatic carbocycles.